The maximum absolute atomic E-state index is 8.93. The second-order valence-corrected chi connectivity index (χ2v) is 7.36. The van der Waals surface area contributed by atoms with Crippen LogP contribution in [0.25, 0.3) is 0 Å². The predicted octanol–water partition coefficient (Wildman–Crippen LogP) is 3.15. The number of hydrogen-bond acceptors (Lipinski definition) is 7. The van der Waals surface area contributed by atoms with Crippen molar-refractivity contribution in [3.05, 3.63) is 42.2 Å². The van der Waals surface area contributed by atoms with Crippen LogP contribution < -0.4 is 15.5 Å². The van der Waals surface area contributed by atoms with Crippen LogP contribution in [0.5, 0.6) is 0 Å². The zero-order chi connectivity index (χ0) is 20.5. The van der Waals surface area contributed by atoms with E-state index in [-0.39, 0.29) is 0 Å². The van der Waals surface area contributed by atoms with Crippen LogP contribution >= 0.6 is 0 Å². The fraction of sp³-hybridized carbons (Fsp3) is 0.455. The molecule has 1 fully saturated rings. The van der Waals surface area contributed by atoms with Gasteiger partial charge in [0.25, 0.3) is 0 Å². The van der Waals surface area contributed by atoms with Crippen LogP contribution in [0.2, 0.25) is 0 Å². The molecule has 7 nitrogen and oxygen atoms in total. The van der Waals surface area contributed by atoms with E-state index < -0.39 is 0 Å². The highest BCUT2D eigenvalue weighted by molar-refractivity contribution is 5.75. The minimum atomic E-state index is 0.356. The first-order chi connectivity index (χ1) is 14.2. The molecule has 1 aromatic heterocycles. The van der Waals surface area contributed by atoms with Crippen molar-refractivity contribution >= 4 is 17.3 Å². The zero-order valence-corrected chi connectivity index (χ0v) is 16.7. The van der Waals surface area contributed by atoms with Crippen molar-refractivity contribution < 1.29 is 0 Å². The summed E-state index contributed by atoms with van der Waals surface area (Å²) in [6.45, 7) is 2.82. The first kappa shape index (κ1) is 20.4. The summed E-state index contributed by atoms with van der Waals surface area (Å²) in [7, 11) is 0. The van der Waals surface area contributed by atoms with E-state index in [1.807, 2.05) is 4.90 Å². The molecule has 29 heavy (non-hydrogen) atoms. The highest BCUT2D eigenvalue weighted by Crippen LogP contribution is 2.32. The van der Waals surface area contributed by atoms with Gasteiger partial charge in [-0.3, -0.25) is 0 Å². The number of nitrogens with zero attached hydrogens (tertiary/aromatic N) is 6. The number of piperidine rings is 1. The third-order valence-electron chi connectivity index (χ3n) is 5.41. The molecule has 1 aromatic carbocycles. The summed E-state index contributed by atoms with van der Waals surface area (Å²) >= 11 is 0. The van der Waals surface area contributed by atoms with Crippen molar-refractivity contribution in [2.75, 3.05) is 41.7 Å². The minimum absolute atomic E-state index is 0.356. The molecule has 3 rings (SSSR count). The van der Waals surface area contributed by atoms with Gasteiger partial charge in [0.1, 0.15) is 12.0 Å². The first-order valence-corrected chi connectivity index (χ1v) is 10.1. The Morgan fingerprint density at radius 2 is 1.69 bits per heavy atom. The minimum Gasteiger partial charge on any atom is -0.393 e. The number of benzene rings is 1. The van der Waals surface area contributed by atoms with Crippen LogP contribution in [0.4, 0.5) is 17.3 Å². The Morgan fingerprint density at radius 1 is 1.03 bits per heavy atom. The van der Waals surface area contributed by atoms with Gasteiger partial charge in [-0.25, -0.2) is 9.97 Å². The molecule has 0 saturated carbocycles. The summed E-state index contributed by atoms with van der Waals surface area (Å²) in [5.74, 6) is 2.04. The van der Waals surface area contributed by atoms with Crippen molar-refractivity contribution in [2.45, 2.75) is 32.1 Å². The number of anilines is 3. The van der Waals surface area contributed by atoms with Crippen molar-refractivity contribution in [2.24, 2.45) is 5.92 Å². The number of hydrogen-bond donors (Lipinski definition) is 1. The maximum atomic E-state index is 8.93. The molecule has 2 heterocycles. The first-order valence-electron chi connectivity index (χ1n) is 10.1. The van der Waals surface area contributed by atoms with Gasteiger partial charge in [0.15, 0.2) is 11.6 Å². The molecule has 2 aromatic rings. The standard InChI is InChI=1S/C22H27N7/c23-10-4-12-28(13-5-11-24)21-20(25)22(27-17-26-21)29-14-8-19(9-15-29)16-18-6-2-1-3-7-18/h1-3,6-7,17,19H,4-5,8-9,12-16,25H2. The molecular weight excluding hydrogens is 362 g/mol. The number of aromatic nitrogens is 2. The largest absolute Gasteiger partial charge is 0.393 e. The molecule has 1 aliphatic heterocycles. The fourth-order valence-corrected chi connectivity index (χ4v) is 3.87. The normalized spacial score (nSPS) is 14.2. The Morgan fingerprint density at radius 3 is 2.31 bits per heavy atom. The lowest BCUT2D eigenvalue weighted by atomic mass is 9.90. The molecule has 0 atom stereocenters. The second kappa shape index (κ2) is 10.3. The SMILES string of the molecule is N#CCCN(CCC#N)c1ncnc(N2CCC(Cc3ccccc3)CC2)c1N. The lowest BCUT2D eigenvalue weighted by Crippen LogP contribution is -2.36. The monoisotopic (exact) mass is 389 g/mol. The van der Waals surface area contributed by atoms with Gasteiger partial charge in [0, 0.05) is 26.2 Å². The number of nitriles is 2. The summed E-state index contributed by atoms with van der Waals surface area (Å²) < 4.78 is 0. The summed E-state index contributed by atoms with van der Waals surface area (Å²) in [4.78, 5) is 12.9. The van der Waals surface area contributed by atoms with E-state index in [1.54, 1.807) is 0 Å². The maximum Gasteiger partial charge on any atom is 0.157 e. The Kier molecular flexibility index (Phi) is 7.24. The quantitative estimate of drug-likeness (QED) is 0.739. The van der Waals surface area contributed by atoms with Crippen molar-refractivity contribution in [1.82, 2.24) is 9.97 Å². The van der Waals surface area contributed by atoms with Crippen LogP contribution in [0.15, 0.2) is 36.7 Å². The van der Waals surface area contributed by atoms with Gasteiger partial charge < -0.3 is 15.5 Å². The Bertz CT molecular complexity index is 843. The topological polar surface area (TPSA) is 106 Å². The third-order valence-corrected chi connectivity index (χ3v) is 5.41. The highest BCUT2D eigenvalue weighted by Gasteiger charge is 2.24. The molecular formula is C22H27N7. The summed E-state index contributed by atoms with van der Waals surface area (Å²) in [5, 5.41) is 17.9. The molecule has 150 valence electrons. The smallest absolute Gasteiger partial charge is 0.157 e. The Hall–Kier alpha value is -3.32. The number of nitrogens with two attached hydrogens (primary N) is 1. The molecule has 1 saturated heterocycles. The van der Waals surface area contributed by atoms with E-state index in [2.05, 4.69) is 57.3 Å². The van der Waals surface area contributed by atoms with Crippen molar-refractivity contribution in [3.8, 4) is 12.1 Å². The van der Waals surface area contributed by atoms with E-state index >= 15 is 0 Å². The van der Waals surface area contributed by atoms with Crippen molar-refractivity contribution in [3.63, 3.8) is 0 Å². The van der Waals surface area contributed by atoms with Gasteiger partial charge in [-0.05, 0) is 30.7 Å². The lowest BCUT2D eigenvalue weighted by molar-refractivity contribution is 0.402. The number of rotatable bonds is 8. The molecule has 0 aliphatic carbocycles. The zero-order valence-electron chi connectivity index (χ0n) is 16.7. The molecule has 0 unspecified atom stereocenters. The van der Waals surface area contributed by atoms with Gasteiger partial charge >= 0.3 is 0 Å². The second-order valence-electron chi connectivity index (χ2n) is 7.36. The predicted molar refractivity (Wildman–Crippen MR) is 114 cm³/mol. The van der Waals surface area contributed by atoms with Crippen LogP contribution in [0, 0.1) is 28.6 Å². The van der Waals surface area contributed by atoms with Crippen LogP contribution in [-0.2, 0) is 6.42 Å². The van der Waals surface area contributed by atoms with Gasteiger partial charge in [0.2, 0.25) is 0 Å². The van der Waals surface area contributed by atoms with E-state index in [9.17, 15) is 0 Å². The van der Waals surface area contributed by atoms with Crippen LogP contribution in [0.3, 0.4) is 0 Å². The molecule has 1 aliphatic rings. The molecule has 0 radical (unpaired) electrons. The molecule has 2 N–H and O–H groups in total. The highest BCUT2D eigenvalue weighted by atomic mass is 15.3. The van der Waals surface area contributed by atoms with E-state index in [0.29, 0.717) is 43.4 Å². The molecule has 0 bridgehead atoms. The average Bonchev–Trinajstić information content (AvgIpc) is 2.76. The Labute approximate surface area is 172 Å². The van der Waals surface area contributed by atoms with E-state index in [4.69, 9.17) is 16.3 Å². The van der Waals surface area contributed by atoms with Gasteiger partial charge in [-0.1, -0.05) is 30.3 Å². The van der Waals surface area contributed by atoms with E-state index in [0.717, 1.165) is 38.2 Å². The van der Waals surface area contributed by atoms with Crippen molar-refractivity contribution in [1.29, 1.82) is 10.5 Å². The summed E-state index contributed by atoms with van der Waals surface area (Å²) in [6, 6.07) is 14.9. The van der Waals surface area contributed by atoms with Gasteiger partial charge in [-0.2, -0.15) is 10.5 Å². The molecule has 0 amide bonds. The molecule has 0 spiro atoms. The summed E-state index contributed by atoms with van der Waals surface area (Å²) in [6.07, 6.45) is 5.54. The number of nitrogen functional groups attached to an aromatic ring is 1. The van der Waals surface area contributed by atoms with E-state index in [1.165, 1.54) is 11.9 Å². The fourth-order valence-electron chi connectivity index (χ4n) is 3.87. The van der Waals surface area contributed by atoms with Gasteiger partial charge in [0.05, 0.1) is 25.0 Å². The molecule has 7 heteroatoms. The van der Waals surface area contributed by atoms with Crippen LogP contribution in [0.1, 0.15) is 31.2 Å². The lowest BCUT2D eigenvalue weighted by Gasteiger charge is -2.34. The van der Waals surface area contributed by atoms with Crippen LogP contribution in [-0.4, -0.2) is 36.1 Å². The average molecular weight is 390 g/mol. The van der Waals surface area contributed by atoms with Gasteiger partial charge in [-0.15, -0.1) is 0 Å². The Balaban J connectivity index is 1.67. The third kappa shape index (κ3) is 5.36. The summed E-state index contributed by atoms with van der Waals surface area (Å²) in [5.41, 5.74) is 8.36.